The lowest BCUT2D eigenvalue weighted by Crippen LogP contribution is -2.00. The van der Waals surface area contributed by atoms with Gasteiger partial charge in [0.25, 0.3) is 0 Å². The molecule has 1 heterocycles. The molecular weight excluding hydrogens is 273 g/mol. The highest BCUT2D eigenvalue weighted by Crippen LogP contribution is 2.22. The highest BCUT2D eigenvalue weighted by molar-refractivity contribution is 5.49. The number of rotatable bonds is 5. The number of nitrogens with one attached hydrogen (secondary N) is 1. The molecule has 0 unspecified atom stereocenters. The van der Waals surface area contributed by atoms with E-state index < -0.39 is 27.2 Å². The number of anilines is 1. The molecule has 8 nitrogen and oxygen atoms in total. The Labute approximate surface area is 111 Å². The summed E-state index contributed by atoms with van der Waals surface area (Å²) in [6.07, 6.45) is 0. The fraction of sp³-hybridized carbons (Fsp3) is 0.0909. The first kappa shape index (κ1) is 13.5. The van der Waals surface area contributed by atoms with Crippen LogP contribution in [0.5, 0.6) is 0 Å². The fourth-order valence-electron chi connectivity index (χ4n) is 1.51. The lowest BCUT2D eigenvalue weighted by molar-refractivity contribution is -0.402. The van der Waals surface area contributed by atoms with Crippen molar-refractivity contribution in [2.75, 3.05) is 5.32 Å². The van der Waals surface area contributed by atoms with Gasteiger partial charge < -0.3 is 9.73 Å². The van der Waals surface area contributed by atoms with Crippen molar-refractivity contribution in [1.82, 2.24) is 0 Å². The minimum atomic E-state index is -0.967. The molecule has 1 aromatic heterocycles. The normalized spacial score (nSPS) is 10.2. The van der Waals surface area contributed by atoms with Crippen molar-refractivity contribution in [3.05, 3.63) is 62.1 Å². The van der Waals surface area contributed by atoms with Crippen LogP contribution in [0.2, 0.25) is 0 Å². The largest absolute Gasteiger partial charge is 0.433 e. The van der Waals surface area contributed by atoms with Gasteiger partial charge in [-0.2, -0.15) is 4.39 Å². The minimum absolute atomic E-state index is 0.0884. The first-order valence-corrected chi connectivity index (χ1v) is 5.38. The van der Waals surface area contributed by atoms with Crippen LogP contribution in [0.15, 0.2) is 34.7 Å². The molecule has 0 saturated heterocycles. The predicted octanol–water partition coefficient (Wildman–Crippen LogP) is 2.85. The molecule has 0 amide bonds. The van der Waals surface area contributed by atoms with E-state index in [1.165, 1.54) is 18.2 Å². The zero-order chi connectivity index (χ0) is 14.7. The summed E-state index contributed by atoms with van der Waals surface area (Å²) in [4.78, 5) is 19.4. The van der Waals surface area contributed by atoms with E-state index in [9.17, 15) is 24.6 Å². The van der Waals surface area contributed by atoms with Gasteiger partial charge in [0.1, 0.15) is 10.7 Å². The third-order valence-electron chi connectivity index (χ3n) is 2.44. The monoisotopic (exact) mass is 281 g/mol. The van der Waals surface area contributed by atoms with Crippen molar-refractivity contribution >= 4 is 17.3 Å². The van der Waals surface area contributed by atoms with Crippen LogP contribution < -0.4 is 5.32 Å². The molecule has 2 aromatic rings. The molecule has 2 rings (SSSR count). The van der Waals surface area contributed by atoms with E-state index in [1.807, 2.05) is 0 Å². The van der Waals surface area contributed by atoms with Gasteiger partial charge in [0, 0.05) is 17.8 Å². The number of nitrogens with zero attached hydrogens (tertiary/aromatic N) is 2. The van der Waals surface area contributed by atoms with Gasteiger partial charge in [0.15, 0.2) is 0 Å². The molecule has 0 saturated carbocycles. The second kappa shape index (κ2) is 5.34. The SMILES string of the molecule is O=[N+]([O-])c1ccc(CNc2ccc([N+](=O)[O-])c(F)c2)o1. The number of halogens is 1. The van der Waals surface area contributed by atoms with Crippen LogP contribution in [0.4, 0.5) is 21.6 Å². The molecular formula is C11H8FN3O5. The van der Waals surface area contributed by atoms with Gasteiger partial charge in [0.2, 0.25) is 5.82 Å². The van der Waals surface area contributed by atoms with Gasteiger partial charge in [-0.3, -0.25) is 20.2 Å². The Hall–Kier alpha value is -2.97. The number of hydrogen-bond donors (Lipinski definition) is 1. The summed E-state index contributed by atoms with van der Waals surface area (Å²) in [6, 6.07) is 5.94. The van der Waals surface area contributed by atoms with E-state index in [0.717, 1.165) is 12.1 Å². The highest BCUT2D eigenvalue weighted by atomic mass is 19.1. The topological polar surface area (TPSA) is 111 Å². The van der Waals surface area contributed by atoms with Crippen LogP contribution in [0, 0.1) is 26.0 Å². The first-order chi connectivity index (χ1) is 9.47. The van der Waals surface area contributed by atoms with E-state index in [1.54, 1.807) is 0 Å². The molecule has 0 aliphatic heterocycles. The maximum absolute atomic E-state index is 13.3. The number of hydrogen-bond acceptors (Lipinski definition) is 6. The van der Waals surface area contributed by atoms with Gasteiger partial charge >= 0.3 is 11.6 Å². The lowest BCUT2D eigenvalue weighted by Gasteiger charge is -2.04. The van der Waals surface area contributed by atoms with Gasteiger partial charge in [-0.05, 0) is 12.1 Å². The number of nitro benzene ring substituents is 1. The van der Waals surface area contributed by atoms with E-state index in [0.29, 0.717) is 5.69 Å². The van der Waals surface area contributed by atoms with Gasteiger partial charge in [-0.1, -0.05) is 0 Å². The Morgan fingerprint density at radius 1 is 1.15 bits per heavy atom. The van der Waals surface area contributed by atoms with Crippen LogP contribution in [0.1, 0.15) is 5.76 Å². The smallest absolute Gasteiger partial charge is 0.404 e. The zero-order valence-corrected chi connectivity index (χ0v) is 9.91. The molecule has 0 spiro atoms. The zero-order valence-electron chi connectivity index (χ0n) is 9.91. The first-order valence-electron chi connectivity index (χ1n) is 5.38. The summed E-state index contributed by atoms with van der Waals surface area (Å²) in [5, 5.41) is 23.6. The lowest BCUT2D eigenvalue weighted by atomic mass is 10.2. The summed E-state index contributed by atoms with van der Waals surface area (Å²) >= 11 is 0. The van der Waals surface area contributed by atoms with Crippen LogP contribution in [-0.2, 0) is 6.54 Å². The maximum Gasteiger partial charge on any atom is 0.433 e. The van der Waals surface area contributed by atoms with Gasteiger partial charge in [-0.25, -0.2) is 0 Å². The fourth-order valence-corrected chi connectivity index (χ4v) is 1.51. The van der Waals surface area contributed by atoms with Crippen molar-refractivity contribution in [2.45, 2.75) is 6.54 Å². The molecule has 1 N–H and O–H groups in total. The van der Waals surface area contributed by atoms with E-state index in [-0.39, 0.29) is 12.3 Å². The Bertz CT molecular complexity index is 670. The van der Waals surface area contributed by atoms with Crippen LogP contribution >= 0.6 is 0 Å². The minimum Gasteiger partial charge on any atom is -0.404 e. The molecule has 0 aliphatic rings. The van der Waals surface area contributed by atoms with E-state index in [2.05, 4.69) is 5.32 Å². The molecule has 9 heteroatoms. The summed E-state index contributed by atoms with van der Waals surface area (Å²) in [7, 11) is 0. The maximum atomic E-state index is 13.3. The molecule has 104 valence electrons. The summed E-state index contributed by atoms with van der Waals surface area (Å²) < 4.78 is 18.2. The molecule has 0 radical (unpaired) electrons. The Morgan fingerprint density at radius 2 is 1.90 bits per heavy atom. The van der Waals surface area contributed by atoms with Gasteiger partial charge in [-0.15, -0.1) is 0 Å². The van der Waals surface area contributed by atoms with E-state index in [4.69, 9.17) is 4.42 Å². The number of nitro groups is 2. The van der Waals surface area contributed by atoms with E-state index >= 15 is 0 Å². The van der Waals surface area contributed by atoms with Crippen LogP contribution in [0.25, 0.3) is 0 Å². The predicted molar refractivity (Wildman–Crippen MR) is 65.7 cm³/mol. The Balaban J connectivity index is 2.05. The molecule has 0 atom stereocenters. The molecule has 0 fully saturated rings. The molecule has 0 aliphatic carbocycles. The average molecular weight is 281 g/mol. The second-order valence-corrected chi connectivity index (χ2v) is 3.77. The highest BCUT2D eigenvalue weighted by Gasteiger charge is 2.14. The van der Waals surface area contributed by atoms with Crippen LogP contribution in [-0.4, -0.2) is 9.85 Å². The standard InChI is InChI=1S/C11H8FN3O5/c12-9-5-7(1-3-10(9)14(16)17)13-6-8-2-4-11(20-8)15(18)19/h1-5,13H,6H2. The molecule has 0 bridgehead atoms. The van der Waals surface area contributed by atoms with Gasteiger partial charge in [0.05, 0.1) is 17.5 Å². The number of benzene rings is 1. The molecule has 20 heavy (non-hydrogen) atoms. The second-order valence-electron chi connectivity index (χ2n) is 3.77. The quantitative estimate of drug-likeness (QED) is 0.666. The number of furan rings is 1. The van der Waals surface area contributed by atoms with Crippen molar-refractivity contribution in [3.63, 3.8) is 0 Å². The van der Waals surface area contributed by atoms with Crippen molar-refractivity contribution in [1.29, 1.82) is 0 Å². The van der Waals surface area contributed by atoms with Crippen molar-refractivity contribution in [2.24, 2.45) is 0 Å². The molecule has 1 aromatic carbocycles. The third-order valence-corrected chi connectivity index (χ3v) is 2.44. The Morgan fingerprint density at radius 3 is 2.45 bits per heavy atom. The Kier molecular flexibility index (Phi) is 3.60. The summed E-state index contributed by atoms with van der Waals surface area (Å²) in [5.74, 6) is -1.07. The average Bonchev–Trinajstić information content (AvgIpc) is 2.85. The van der Waals surface area contributed by atoms with Crippen molar-refractivity contribution in [3.8, 4) is 0 Å². The van der Waals surface area contributed by atoms with Crippen molar-refractivity contribution < 1.29 is 18.7 Å². The summed E-state index contributed by atoms with van der Waals surface area (Å²) in [5.41, 5.74) is -0.323. The van der Waals surface area contributed by atoms with Crippen LogP contribution in [0.3, 0.4) is 0 Å². The third kappa shape index (κ3) is 2.88. The summed E-state index contributed by atoms with van der Waals surface area (Å²) in [6.45, 7) is 0.0884.